The van der Waals surface area contributed by atoms with Gasteiger partial charge < -0.3 is 9.74 Å². The molecule has 1 spiro atoms. The lowest BCUT2D eigenvalue weighted by atomic mass is 9.75. The van der Waals surface area contributed by atoms with E-state index in [0.717, 1.165) is 41.3 Å². The van der Waals surface area contributed by atoms with Crippen LogP contribution in [0.5, 0.6) is 0 Å². The largest absolute Gasteiger partial charge is 0.360 e. The van der Waals surface area contributed by atoms with Gasteiger partial charge in [-0.05, 0) is 61.5 Å². The summed E-state index contributed by atoms with van der Waals surface area (Å²) in [4.78, 5) is 24.9. The minimum Gasteiger partial charge on any atom is -0.360 e. The molecule has 1 aromatic heterocycles. The van der Waals surface area contributed by atoms with Crippen molar-refractivity contribution < 1.29 is 4.79 Å². The van der Waals surface area contributed by atoms with Crippen molar-refractivity contribution in [3.63, 3.8) is 0 Å². The summed E-state index contributed by atoms with van der Waals surface area (Å²) in [7, 11) is 0. The summed E-state index contributed by atoms with van der Waals surface area (Å²) < 4.78 is 0. The van der Waals surface area contributed by atoms with Crippen molar-refractivity contribution in [1.29, 1.82) is 0 Å². The van der Waals surface area contributed by atoms with E-state index in [4.69, 9.17) is 18.8 Å². The molecule has 0 radical (unpaired) electrons. The molecule has 6 heteroatoms. The Bertz CT molecular complexity index is 1220. The Balaban J connectivity index is 1.67. The molecule has 2 fully saturated rings. The average Bonchev–Trinajstić information content (AvgIpc) is 2.94. The fraction of sp³-hybridized carbons (Fsp3) is 0.217. The van der Waals surface area contributed by atoms with E-state index in [-0.39, 0.29) is 5.91 Å². The summed E-state index contributed by atoms with van der Waals surface area (Å²) >= 11 is 5.86. The molecular weight excluding hydrogens is 380 g/mol. The zero-order valence-electron chi connectivity index (χ0n) is 15.9. The van der Waals surface area contributed by atoms with E-state index < -0.39 is 5.54 Å². The second kappa shape index (κ2) is 6.36. The van der Waals surface area contributed by atoms with Crippen LogP contribution >= 0.6 is 12.2 Å². The monoisotopic (exact) mass is 398 g/mol. The van der Waals surface area contributed by atoms with Crippen LogP contribution < -0.4 is 9.80 Å². The number of benzene rings is 2. The first kappa shape index (κ1) is 17.8. The van der Waals surface area contributed by atoms with Crippen molar-refractivity contribution in [2.45, 2.75) is 31.7 Å². The molecule has 2 aliphatic rings. The van der Waals surface area contributed by atoms with Crippen LogP contribution in [-0.4, -0.2) is 21.5 Å². The van der Waals surface area contributed by atoms with E-state index >= 15 is 0 Å². The van der Waals surface area contributed by atoms with Crippen LogP contribution in [0.15, 0.2) is 54.7 Å². The molecule has 1 saturated heterocycles. The van der Waals surface area contributed by atoms with Crippen LogP contribution in [-0.2, 0) is 4.79 Å². The van der Waals surface area contributed by atoms with E-state index in [1.165, 1.54) is 0 Å². The van der Waals surface area contributed by atoms with Crippen LogP contribution in [0.25, 0.3) is 15.6 Å². The molecule has 0 unspecified atom stereocenters. The topological polar surface area (TPSA) is 40.8 Å². The number of nitrogens with zero attached hydrogens (tertiary/aromatic N) is 4. The van der Waals surface area contributed by atoms with E-state index in [9.17, 15) is 4.79 Å². The van der Waals surface area contributed by atoms with Crippen molar-refractivity contribution in [2.24, 2.45) is 0 Å². The molecule has 2 heterocycles. The van der Waals surface area contributed by atoms with Gasteiger partial charge in [-0.25, -0.2) is 0 Å². The van der Waals surface area contributed by atoms with Crippen molar-refractivity contribution in [3.05, 3.63) is 71.7 Å². The number of aryl methyl sites for hydroxylation is 1. The fourth-order valence-electron chi connectivity index (χ4n) is 4.38. The quantitative estimate of drug-likeness (QED) is 0.442. The van der Waals surface area contributed by atoms with Gasteiger partial charge in [-0.1, -0.05) is 43.0 Å². The minimum absolute atomic E-state index is 0.00144. The molecule has 1 saturated carbocycles. The Hall–Kier alpha value is -3.30. The fourth-order valence-corrected chi connectivity index (χ4v) is 4.84. The summed E-state index contributed by atoms with van der Waals surface area (Å²) in [6.45, 7) is 9.04. The molecule has 1 amide bonds. The van der Waals surface area contributed by atoms with E-state index in [1.54, 1.807) is 11.1 Å². The van der Waals surface area contributed by atoms with E-state index in [2.05, 4.69) is 32.9 Å². The summed E-state index contributed by atoms with van der Waals surface area (Å²) in [5.74, 6) is 0.342. The van der Waals surface area contributed by atoms with Gasteiger partial charge in [-0.2, -0.15) is 0 Å². The smallest absolute Gasteiger partial charge is 0.272 e. The van der Waals surface area contributed by atoms with Crippen LogP contribution in [0, 0.1) is 13.5 Å². The molecule has 5 rings (SSSR count). The van der Waals surface area contributed by atoms with Gasteiger partial charge in [-0.3, -0.25) is 9.69 Å². The molecule has 5 nitrogen and oxygen atoms in total. The standard InChI is InChI=1S/C23H18N4OS/c1-15-13-17(14-25-20(15)24-2)26-21(28)23(11-6-12-23)27(22(26)29)19-10-5-8-16-7-3-4-9-18(16)19/h3-5,7-10,13-14H,6,11-12H2,1H3. The maximum atomic E-state index is 13.6. The maximum absolute atomic E-state index is 13.6. The van der Waals surface area contributed by atoms with Crippen molar-refractivity contribution in [2.75, 3.05) is 9.80 Å². The molecular formula is C23H18N4OS. The highest BCUT2D eigenvalue weighted by Crippen LogP contribution is 2.49. The summed E-state index contributed by atoms with van der Waals surface area (Å²) in [6.07, 6.45) is 4.12. The number of aromatic nitrogens is 1. The van der Waals surface area contributed by atoms with Gasteiger partial charge in [-0.15, -0.1) is 4.98 Å². The number of rotatable bonds is 2. The SMILES string of the molecule is [C-]#[N+]c1ncc(N2C(=O)C3(CCC3)N(c3cccc4ccccc34)C2=S)cc1C. The highest BCUT2D eigenvalue weighted by atomic mass is 32.1. The summed E-state index contributed by atoms with van der Waals surface area (Å²) in [5.41, 5.74) is 1.69. The minimum atomic E-state index is -0.631. The second-order valence-electron chi connectivity index (χ2n) is 7.59. The second-order valence-corrected chi connectivity index (χ2v) is 7.95. The number of fused-ring (bicyclic) bond motifs is 1. The molecule has 3 aromatic rings. The Kier molecular flexibility index (Phi) is 3.90. The number of carbonyl (C=O) groups excluding carboxylic acids is 1. The van der Waals surface area contributed by atoms with Crippen molar-refractivity contribution in [1.82, 2.24) is 4.98 Å². The normalized spacial score (nSPS) is 17.7. The Morgan fingerprint density at radius 3 is 2.62 bits per heavy atom. The Morgan fingerprint density at radius 1 is 1.17 bits per heavy atom. The number of carbonyl (C=O) groups is 1. The summed E-state index contributed by atoms with van der Waals surface area (Å²) in [5, 5.41) is 2.67. The molecule has 142 valence electrons. The maximum Gasteiger partial charge on any atom is 0.272 e. The van der Waals surface area contributed by atoms with Crippen molar-refractivity contribution >= 4 is 51.2 Å². The van der Waals surface area contributed by atoms with Gasteiger partial charge in [0.05, 0.1) is 11.4 Å². The first-order valence-corrected chi connectivity index (χ1v) is 9.98. The first-order valence-electron chi connectivity index (χ1n) is 9.57. The predicted molar refractivity (Wildman–Crippen MR) is 118 cm³/mol. The lowest BCUT2D eigenvalue weighted by molar-refractivity contribution is -0.123. The van der Waals surface area contributed by atoms with Gasteiger partial charge in [0.15, 0.2) is 5.11 Å². The highest BCUT2D eigenvalue weighted by molar-refractivity contribution is 7.81. The van der Waals surface area contributed by atoms with Crippen LogP contribution in [0.1, 0.15) is 24.8 Å². The van der Waals surface area contributed by atoms with E-state index in [1.807, 2.05) is 37.3 Å². The third kappa shape index (κ3) is 2.41. The average molecular weight is 398 g/mol. The number of hydrogen-bond acceptors (Lipinski definition) is 3. The lowest BCUT2D eigenvalue weighted by Gasteiger charge is -2.43. The zero-order chi connectivity index (χ0) is 20.2. The number of amides is 1. The van der Waals surface area contributed by atoms with Crippen LogP contribution in [0.4, 0.5) is 17.2 Å². The van der Waals surface area contributed by atoms with Gasteiger partial charge in [0.25, 0.3) is 11.7 Å². The molecule has 29 heavy (non-hydrogen) atoms. The number of pyridine rings is 1. The number of hydrogen-bond donors (Lipinski definition) is 0. The highest BCUT2D eigenvalue weighted by Gasteiger charge is 2.60. The number of thiocarbonyl (C=S) groups is 1. The molecule has 2 aromatic carbocycles. The molecule has 0 atom stereocenters. The Morgan fingerprint density at radius 2 is 1.93 bits per heavy atom. The molecule has 0 N–H and O–H groups in total. The number of anilines is 2. The summed E-state index contributed by atoms with van der Waals surface area (Å²) in [6, 6.07) is 16.1. The van der Waals surface area contributed by atoms with Crippen LogP contribution in [0.2, 0.25) is 0 Å². The lowest BCUT2D eigenvalue weighted by Crippen LogP contribution is -2.55. The first-order chi connectivity index (χ1) is 14.1. The van der Waals surface area contributed by atoms with Crippen LogP contribution in [0.3, 0.4) is 0 Å². The zero-order valence-corrected chi connectivity index (χ0v) is 16.7. The van der Waals surface area contributed by atoms with E-state index in [0.29, 0.717) is 16.6 Å². The van der Waals surface area contributed by atoms with Gasteiger partial charge in [0.1, 0.15) is 11.7 Å². The predicted octanol–water partition coefficient (Wildman–Crippen LogP) is 5.15. The van der Waals surface area contributed by atoms with Crippen molar-refractivity contribution in [3.8, 4) is 0 Å². The third-order valence-corrected chi connectivity index (χ3v) is 6.37. The molecule has 0 bridgehead atoms. The van der Waals surface area contributed by atoms with Gasteiger partial charge >= 0.3 is 0 Å². The molecule has 1 aliphatic heterocycles. The van der Waals surface area contributed by atoms with Gasteiger partial charge in [0, 0.05) is 5.39 Å². The Labute approximate surface area is 174 Å². The third-order valence-electron chi connectivity index (χ3n) is 6.00. The molecule has 1 aliphatic carbocycles. The van der Waals surface area contributed by atoms with Gasteiger partial charge in [0.2, 0.25) is 0 Å².